The number of thiazole rings is 1. The number of aromatic nitrogens is 2. The van der Waals surface area contributed by atoms with E-state index < -0.39 is 11.8 Å². The summed E-state index contributed by atoms with van der Waals surface area (Å²) in [5.74, 6) is -1.25. The topological polar surface area (TPSA) is 92.3 Å². The van der Waals surface area contributed by atoms with Crippen molar-refractivity contribution in [2.45, 2.75) is 6.42 Å². The monoisotopic (exact) mass is 392 g/mol. The molecule has 0 radical (unpaired) electrons. The molecule has 1 N–H and O–H groups in total. The number of nitrogens with one attached hydrogen (secondary N) is 1. The highest BCUT2D eigenvalue weighted by Gasteiger charge is 2.36. The van der Waals surface area contributed by atoms with E-state index in [1.165, 1.54) is 11.3 Å². The first-order chi connectivity index (χ1) is 13.6. The normalized spacial score (nSPS) is 12.9. The average molecular weight is 392 g/mol. The van der Waals surface area contributed by atoms with Crippen LogP contribution in [-0.4, -0.2) is 45.7 Å². The molecule has 4 rings (SSSR count). The van der Waals surface area contributed by atoms with Crippen molar-refractivity contribution in [1.82, 2.24) is 20.2 Å². The van der Waals surface area contributed by atoms with E-state index in [-0.39, 0.29) is 12.5 Å². The summed E-state index contributed by atoms with van der Waals surface area (Å²) >= 11 is 1.50. The van der Waals surface area contributed by atoms with Crippen molar-refractivity contribution in [3.8, 4) is 11.4 Å². The Morgan fingerprint density at radius 1 is 1.00 bits per heavy atom. The third-order valence-electron chi connectivity index (χ3n) is 4.32. The Balaban J connectivity index is 1.30. The fourth-order valence-corrected chi connectivity index (χ4v) is 3.74. The summed E-state index contributed by atoms with van der Waals surface area (Å²) in [6, 6.07) is 12.2. The minimum absolute atomic E-state index is 0.288. The molecule has 0 unspecified atom stereocenters. The Labute approximate surface area is 165 Å². The zero-order valence-corrected chi connectivity index (χ0v) is 15.6. The number of amides is 3. The van der Waals surface area contributed by atoms with E-state index in [0.717, 1.165) is 21.3 Å². The quantitative estimate of drug-likeness (QED) is 0.649. The van der Waals surface area contributed by atoms with Gasteiger partial charge in [-0.1, -0.05) is 18.2 Å². The van der Waals surface area contributed by atoms with E-state index in [0.29, 0.717) is 24.1 Å². The third kappa shape index (κ3) is 3.54. The Bertz CT molecular complexity index is 1010. The van der Waals surface area contributed by atoms with Crippen LogP contribution < -0.4 is 5.32 Å². The van der Waals surface area contributed by atoms with Crippen molar-refractivity contribution in [1.29, 1.82) is 0 Å². The maximum Gasteiger partial charge on any atom is 0.262 e. The molecule has 0 bridgehead atoms. The van der Waals surface area contributed by atoms with Crippen LogP contribution in [0.4, 0.5) is 0 Å². The second-order valence-electron chi connectivity index (χ2n) is 6.18. The van der Waals surface area contributed by atoms with Crippen molar-refractivity contribution in [3.05, 3.63) is 70.2 Å². The van der Waals surface area contributed by atoms with Crippen LogP contribution in [0.1, 0.15) is 25.7 Å². The standard InChI is InChI=1S/C20H16N4O3S/c25-17(11-24-19(26)13-5-1-2-6-14(13)20(24)27)22-10-8-18-23-16(12-28-18)15-7-3-4-9-21-15/h1-7,9,12H,8,10-11H2,(H,22,25). The predicted octanol–water partition coefficient (Wildman–Crippen LogP) is 2.16. The van der Waals surface area contributed by atoms with Crippen LogP contribution in [0, 0.1) is 0 Å². The maximum atomic E-state index is 12.3. The molecule has 3 heterocycles. The van der Waals surface area contributed by atoms with Crippen LogP contribution in [0.2, 0.25) is 0 Å². The summed E-state index contributed by atoms with van der Waals surface area (Å²) in [4.78, 5) is 46.5. The fourth-order valence-electron chi connectivity index (χ4n) is 2.95. The molecule has 28 heavy (non-hydrogen) atoms. The minimum atomic E-state index is -0.435. The van der Waals surface area contributed by atoms with Gasteiger partial charge < -0.3 is 5.32 Å². The molecule has 0 aliphatic carbocycles. The molecule has 140 valence electrons. The SMILES string of the molecule is O=C(CN1C(=O)c2ccccc2C1=O)NCCc1nc(-c2ccccn2)cs1. The van der Waals surface area contributed by atoms with E-state index in [1.807, 2.05) is 23.6 Å². The lowest BCUT2D eigenvalue weighted by Gasteiger charge is -2.13. The molecule has 0 saturated carbocycles. The van der Waals surface area contributed by atoms with Crippen molar-refractivity contribution in [2.24, 2.45) is 0 Å². The smallest absolute Gasteiger partial charge is 0.262 e. The summed E-state index contributed by atoms with van der Waals surface area (Å²) in [6.45, 7) is 0.0839. The second-order valence-corrected chi connectivity index (χ2v) is 7.13. The van der Waals surface area contributed by atoms with Crippen molar-refractivity contribution < 1.29 is 14.4 Å². The highest BCUT2D eigenvalue weighted by atomic mass is 32.1. The highest BCUT2D eigenvalue weighted by Crippen LogP contribution is 2.22. The molecule has 3 aromatic rings. The van der Waals surface area contributed by atoms with Crippen LogP contribution in [-0.2, 0) is 11.2 Å². The molecule has 1 aliphatic heterocycles. The van der Waals surface area contributed by atoms with Gasteiger partial charge in [0.05, 0.1) is 27.5 Å². The van der Waals surface area contributed by atoms with Gasteiger partial charge in [0.2, 0.25) is 5.91 Å². The number of imide groups is 1. The van der Waals surface area contributed by atoms with Gasteiger partial charge in [-0.25, -0.2) is 4.98 Å². The number of benzene rings is 1. The number of hydrogen-bond donors (Lipinski definition) is 1. The molecule has 1 aliphatic rings. The van der Waals surface area contributed by atoms with E-state index in [9.17, 15) is 14.4 Å². The minimum Gasteiger partial charge on any atom is -0.354 e. The van der Waals surface area contributed by atoms with Gasteiger partial charge in [-0.05, 0) is 24.3 Å². The van der Waals surface area contributed by atoms with Crippen LogP contribution >= 0.6 is 11.3 Å². The van der Waals surface area contributed by atoms with Gasteiger partial charge in [0.1, 0.15) is 6.54 Å². The summed E-state index contributed by atoms with van der Waals surface area (Å²) in [7, 11) is 0. The fraction of sp³-hybridized carbons (Fsp3) is 0.150. The number of carbonyl (C=O) groups excluding carboxylic acids is 3. The van der Waals surface area contributed by atoms with Gasteiger partial charge in [0.25, 0.3) is 11.8 Å². The number of pyridine rings is 1. The van der Waals surface area contributed by atoms with Gasteiger partial charge in [-0.3, -0.25) is 24.3 Å². The molecule has 8 heteroatoms. The van der Waals surface area contributed by atoms with Gasteiger partial charge in [-0.15, -0.1) is 11.3 Å². The van der Waals surface area contributed by atoms with Crippen molar-refractivity contribution in [2.75, 3.05) is 13.1 Å². The zero-order chi connectivity index (χ0) is 19.5. The first-order valence-electron chi connectivity index (χ1n) is 8.71. The Hall–Kier alpha value is -3.39. The Morgan fingerprint density at radius 3 is 2.39 bits per heavy atom. The molecular formula is C20H16N4O3S. The van der Waals surface area contributed by atoms with Gasteiger partial charge in [0.15, 0.2) is 0 Å². The van der Waals surface area contributed by atoms with Gasteiger partial charge in [-0.2, -0.15) is 0 Å². The van der Waals surface area contributed by atoms with Crippen molar-refractivity contribution in [3.63, 3.8) is 0 Å². The van der Waals surface area contributed by atoms with Crippen LogP contribution in [0.25, 0.3) is 11.4 Å². The van der Waals surface area contributed by atoms with E-state index in [2.05, 4.69) is 15.3 Å². The molecular weight excluding hydrogens is 376 g/mol. The van der Waals surface area contributed by atoms with E-state index >= 15 is 0 Å². The highest BCUT2D eigenvalue weighted by molar-refractivity contribution is 7.09. The maximum absolute atomic E-state index is 12.3. The van der Waals surface area contributed by atoms with Crippen LogP contribution in [0.3, 0.4) is 0 Å². The molecule has 2 aromatic heterocycles. The lowest BCUT2D eigenvalue weighted by molar-refractivity contribution is -0.121. The average Bonchev–Trinajstić information content (AvgIpc) is 3.28. The molecule has 0 spiro atoms. The number of fused-ring (bicyclic) bond motifs is 1. The molecule has 1 aromatic carbocycles. The van der Waals surface area contributed by atoms with E-state index in [4.69, 9.17) is 0 Å². The molecule has 3 amide bonds. The van der Waals surface area contributed by atoms with Gasteiger partial charge in [0, 0.05) is 24.5 Å². The second kappa shape index (κ2) is 7.69. The summed E-state index contributed by atoms with van der Waals surface area (Å²) in [5, 5.41) is 5.55. The molecule has 0 atom stereocenters. The summed E-state index contributed by atoms with van der Waals surface area (Å²) in [5.41, 5.74) is 2.29. The molecule has 7 nitrogen and oxygen atoms in total. The summed E-state index contributed by atoms with van der Waals surface area (Å²) in [6.07, 6.45) is 2.28. The zero-order valence-electron chi connectivity index (χ0n) is 14.8. The van der Waals surface area contributed by atoms with Crippen molar-refractivity contribution >= 4 is 29.1 Å². The first kappa shape index (κ1) is 18.0. The number of rotatable bonds is 6. The number of nitrogens with zero attached hydrogens (tertiary/aromatic N) is 3. The van der Waals surface area contributed by atoms with E-state index in [1.54, 1.807) is 30.5 Å². The number of carbonyl (C=O) groups is 3. The predicted molar refractivity (Wildman–Crippen MR) is 104 cm³/mol. The Kier molecular flexibility index (Phi) is 4.94. The van der Waals surface area contributed by atoms with Gasteiger partial charge >= 0.3 is 0 Å². The first-order valence-corrected chi connectivity index (χ1v) is 9.59. The number of hydrogen-bond acceptors (Lipinski definition) is 6. The Morgan fingerprint density at radius 2 is 1.71 bits per heavy atom. The largest absolute Gasteiger partial charge is 0.354 e. The van der Waals surface area contributed by atoms with Crippen LogP contribution in [0.5, 0.6) is 0 Å². The lowest BCUT2D eigenvalue weighted by atomic mass is 10.1. The lowest BCUT2D eigenvalue weighted by Crippen LogP contribution is -2.40. The summed E-state index contributed by atoms with van der Waals surface area (Å²) < 4.78 is 0. The third-order valence-corrected chi connectivity index (χ3v) is 5.23. The molecule has 0 fully saturated rings. The van der Waals surface area contributed by atoms with Crippen LogP contribution in [0.15, 0.2) is 54.0 Å². The molecule has 0 saturated heterocycles.